The number of rotatable bonds is 0. The standard InChI is InChI=1S/C8H15N3O/c9-8(10)11-2-1-6-4-12-5-7(6)3-11/h6-7H,1-5H2,(H3,9,10)/t6-,7-/m0/s1. The van der Waals surface area contributed by atoms with E-state index in [2.05, 4.69) is 0 Å². The van der Waals surface area contributed by atoms with Crippen molar-refractivity contribution >= 4 is 5.96 Å². The van der Waals surface area contributed by atoms with Gasteiger partial charge >= 0.3 is 0 Å². The molecule has 4 heteroatoms. The van der Waals surface area contributed by atoms with Crippen LogP contribution in [-0.4, -0.2) is 37.2 Å². The highest BCUT2D eigenvalue weighted by molar-refractivity contribution is 5.74. The van der Waals surface area contributed by atoms with Gasteiger partial charge in [-0.2, -0.15) is 0 Å². The number of nitrogens with zero attached hydrogens (tertiary/aromatic N) is 1. The van der Waals surface area contributed by atoms with Crippen molar-refractivity contribution in [2.24, 2.45) is 17.6 Å². The third kappa shape index (κ3) is 1.27. The van der Waals surface area contributed by atoms with Crippen molar-refractivity contribution in [3.8, 4) is 0 Å². The smallest absolute Gasteiger partial charge is 0.188 e. The molecule has 0 radical (unpaired) electrons. The van der Waals surface area contributed by atoms with E-state index >= 15 is 0 Å². The molecule has 68 valence electrons. The van der Waals surface area contributed by atoms with Gasteiger partial charge in [0, 0.05) is 25.6 Å². The fourth-order valence-electron chi connectivity index (χ4n) is 2.08. The zero-order chi connectivity index (χ0) is 8.55. The second kappa shape index (κ2) is 2.94. The normalized spacial score (nSPS) is 34.8. The van der Waals surface area contributed by atoms with Gasteiger partial charge in [0.1, 0.15) is 0 Å². The molecular formula is C8H15N3O. The van der Waals surface area contributed by atoms with Crippen molar-refractivity contribution in [2.75, 3.05) is 26.3 Å². The maximum Gasteiger partial charge on any atom is 0.188 e. The predicted molar refractivity (Wildman–Crippen MR) is 45.9 cm³/mol. The highest BCUT2D eigenvalue weighted by atomic mass is 16.5. The van der Waals surface area contributed by atoms with Crippen LogP contribution in [0, 0.1) is 17.2 Å². The molecule has 0 bridgehead atoms. The van der Waals surface area contributed by atoms with Gasteiger partial charge in [-0.3, -0.25) is 5.41 Å². The molecule has 2 atom stereocenters. The van der Waals surface area contributed by atoms with Crippen LogP contribution in [0.5, 0.6) is 0 Å². The number of guanidine groups is 1. The molecule has 0 spiro atoms. The summed E-state index contributed by atoms with van der Waals surface area (Å²) in [5.41, 5.74) is 5.42. The molecule has 2 heterocycles. The average Bonchev–Trinajstić information content (AvgIpc) is 2.49. The van der Waals surface area contributed by atoms with E-state index in [-0.39, 0.29) is 5.96 Å². The fraction of sp³-hybridized carbons (Fsp3) is 0.875. The molecule has 0 unspecified atom stereocenters. The minimum absolute atomic E-state index is 0.209. The summed E-state index contributed by atoms with van der Waals surface area (Å²) in [5.74, 6) is 1.54. The van der Waals surface area contributed by atoms with Gasteiger partial charge in [0.25, 0.3) is 0 Å². The number of nitrogens with one attached hydrogen (secondary N) is 1. The van der Waals surface area contributed by atoms with Gasteiger partial charge in [-0.1, -0.05) is 0 Å². The number of hydrogen-bond donors (Lipinski definition) is 2. The topological polar surface area (TPSA) is 62.3 Å². The van der Waals surface area contributed by atoms with Gasteiger partial charge in [-0.25, -0.2) is 0 Å². The van der Waals surface area contributed by atoms with E-state index in [4.69, 9.17) is 15.9 Å². The van der Waals surface area contributed by atoms with Gasteiger partial charge in [0.05, 0.1) is 6.61 Å². The first kappa shape index (κ1) is 7.86. The monoisotopic (exact) mass is 169 g/mol. The van der Waals surface area contributed by atoms with E-state index in [1.807, 2.05) is 4.90 Å². The Morgan fingerprint density at radius 2 is 2.17 bits per heavy atom. The average molecular weight is 169 g/mol. The van der Waals surface area contributed by atoms with Crippen LogP contribution in [0.15, 0.2) is 0 Å². The second-order valence-electron chi connectivity index (χ2n) is 3.68. The molecular weight excluding hydrogens is 154 g/mol. The Morgan fingerprint density at radius 1 is 1.42 bits per heavy atom. The van der Waals surface area contributed by atoms with E-state index in [1.54, 1.807) is 0 Å². The van der Waals surface area contributed by atoms with E-state index in [9.17, 15) is 0 Å². The van der Waals surface area contributed by atoms with Crippen LogP contribution in [-0.2, 0) is 4.74 Å². The van der Waals surface area contributed by atoms with E-state index in [1.165, 1.54) is 0 Å². The van der Waals surface area contributed by atoms with Crippen LogP contribution in [0.2, 0.25) is 0 Å². The third-order valence-electron chi connectivity index (χ3n) is 2.90. The molecule has 12 heavy (non-hydrogen) atoms. The number of likely N-dealkylation sites (tertiary alicyclic amines) is 1. The predicted octanol–water partition coefficient (Wildman–Crippen LogP) is -0.152. The summed E-state index contributed by atoms with van der Waals surface area (Å²) in [4.78, 5) is 1.94. The quantitative estimate of drug-likeness (QED) is 0.391. The van der Waals surface area contributed by atoms with Gasteiger partial charge in [0.15, 0.2) is 5.96 Å². The fourth-order valence-corrected chi connectivity index (χ4v) is 2.08. The Labute approximate surface area is 72.2 Å². The van der Waals surface area contributed by atoms with Crippen LogP contribution in [0.1, 0.15) is 6.42 Å². The lowest BCUT2D eigenvalue weighted by Gasteiger charge is -2.33. The summed E-state index contributed by atoms with van der Waals surface area (Å²) in [7, 11) is 0. The number of hydrogen-bond acceptors (Lipinski definition) is 2. The highest BCUT2D eigenvalue weighted by Gasteiger charge is 2.33. The Bertz CT molecular complexity index is 195. The van der Waals surface area contributed by atoms with Crippen LogP contribution in [0.25, 0.3) is 0 Å². The molecule has 2 aliphatic heterocycles. The van der Waals surface area contributed by atoms with Crippen molar-refractivity contribution in [2.45, 2.75) is 6.42 Å². The van der Waals surface area contributed by atoms with Crippen molar-refractivity contribution in [1.29, 1.82) is 5.41 Å². The summed E-state index contributed by atoms with van der Waals surface area (Å²) in [6.45, 7) is 3.62. The third-order valence-corrected chi connectivity index (χ3v) is 2.90. The summed E-state index contributed by atoms with van der Waals surface area (Å²) in [5, 5.41) is 7.30. The van der Waals surface area contributed by atoms with Crippen molar-refractivity contribution in [1.82, 2.24) is 4.90 Å². The highest BCUT2D eigenvalue weighted by Crippen LogP contribution is 2.28. The van der Waals surface area contributed by atoms with Gasteiger partial charge in [0.2, 0.25) is 0 Å². The first-order valence-corrected chi connectivity index (χ1v) is 4.44. The summed E-state index contributed by atoms with van der Waals surface area (Å²) in [6.07, 6.45) is 1.13. The molecule has 3 N–H and O–H groups in total. The number of fused-ring (bicyclic) bond motifs is 1. The number of piperidine rings is 1. The lowest BCUT2D eigenvalue weighted by atomic mass is 9.89. The number of ether oxygens (including phenoxy) is 1. The molecule has 2 fully saturated rings. The minimum Gasteiger partial charge on any atom is -0.381 e. The zero-order valence-corrected chi connectivity index (χ0v) is 7.12. The number of nitrogens with two attached hydrogens (primary N) is 1. The Kier molecular flexibility index (Phi) is 1.92. The largest absolute Gasteiger partial charge is 0.381 e. The molecule has 0 aromatic heterocycles. The first-order valence-electron chi connectivity index (χ1n) is 4.44. The van der Waals surface area contributed by atoms with Crippen LogP contribution in [0.4, 0.5) is 0 Å². The molecule has 0 amide bonds. The van der Waals surface area contributed by atoms with E-state index < -0.39 is 0 Å². The maximum atomic E-state index is 7.30. The SMILES string of the molecule is N=C(N)N1CC[C@H]2COC[C@@H]2C1. The summed E-state index contributed by atoms with van der Waals surface area (Å²) in [6, 6.07) is 0. The molecule has 4 nitrogen and oxygen atoms in total. The van der Waals surface area contributed by atoms with Gasteiger partial charge < -0.3 is 15.4 Å². The summed E-state index contributed by atoms with van der Waals surface area (Å²) >= 11 is 0. The van der Waals surface area contributed by atoms with Crippen LogP contribution < -0.4 is 5.73 Å². The van der Waals surface area contributed by atoms with Crippen molar-refractivity contribution in [3.05, 3.63) is 0 Å². The molecule has 2 aliphatic rings. The minimum atomic E-state index is 0.209. The van der Waals surface area contributed by atoms with E-state index in [0.29, 0.717) is 5.92 Å². The molecule has 0 aromatic carbocycles. The molecule has 2 saturated heterocycles. The molecule has 0 saturated carbocycles. The summed E-state index contributed by atoms with van der Waals surface area (Å²) < 4.78 is 5.38. The maximum absolute atomic E-state index is 7.30. The Morgan fingerprint density at radius 3 is 2.92 bits per heavy atom. The first-order chi connectivity index (χ1) is 5.77. The van der Waals surface area contributed by atoms with Gasteiger partial charge in [-0.15, -0.1) is 0 Å². The molecule has 2 rings (SSSR count). The Balaban J connectivity index is 1.96. The lowest BCUT2D eigenvalue weighted by molar-refractivity contribution is 0.181. The van der Waals surface area contributed by atoms with Crippen LogP contribution in [0.3, 0.4) is 0 Å². The molecule has 0 aliphatic carbocycles. The van der Waals surface area contributed by atoms with Gasteiger partial charge in [-0.05, 0) is 12.3 Å². The Hall–Kier alpha value is -0.770. The second-order valence-corrected chi connectivity index (χ2v) is 3.68. The van der Waals surface area contributed by atoms with Crippen LogP contribution >= 0.6 is 0 Å². The van der Waals surface area contributed by atoms with Crippen molar-refractivity contribution in [3.63, 3.8) is 0 Å². The van der Waals surface area contributed by atoms with E-state index in [0.717, 1.165) is 38.6 Å². The zero-order valence-electron chi connectivity index (χ0n) is 7.12. The van der Waals surface area contributed by atoms with Crippen molar-refractivity contribution < 1.29 is 4.74 Å². The lowest BCUT2D eigenvalue weighted by Crippen LogP contribution is -2.46. The molecule has 0 aromatic rings.